The van der Waals surface area contributed by atoms with Crippen molar-refractivity contribution in [3.8, 4) is 5.75 Å². The molecule has 0 saturated carbocycles. The number of aliphatic hydroxyl groups is 1. The summed E-state index contributed by atoms with van der Waals surface area (Å²) in [5.74, 6) is 0.699. The van der Waals surface area contributed by atoms with Crippen LogP contribution in [0.15, 0.2) is 38.6 Å². The monoisotopic (exact) mass is 390 g/mol. The van der Waals surface area contributed by atoms with Crippen LogP contribution in [-0.2, 0) is 6.42 Å². The van der Waals surface area contributed by atoms with Crippen LogP contribution >= 0.6 is 43.2 Å². The molecule has 2 rings (SSSR count). The van der Waals surface area contributed by atoms with Crippen molar-refractivity contribution >= 4 is 43.2 Å². The predicted molar refractivity (Wildman–Crippen MR) is 81.4 cm³/mol. The third-order valence-electron chi connectivity index (χ3n) is 2.62. The number of halogens is 2. The van der Waals surface area contributed by atoms with Crippen LogP contribution in [0.5, 0.6) is 5.75 Å². The largest absolute Gasteiger partial charge is 0.496 e. The topological polar surface area (TPSA) is 29.5 Å². The number of benzene rings is 1. The van der Waals surface area contributed by atoms with E-state index in [0.717, 1.165) is 19.4 Å². The Morgan fingerprint density at radius 2 is 2.11 bits per heavy atom. The van der Waals surface area contributed by atoms with Crippen molar-refractivity contribution in [3.63, 3.8) is 0 Å². The van der Waals surface area contributed by atoms with Gasteiger partial charge in [0.1, 0.15) is 5.75 Å². The van der Waals surface area contributed by atoms with Crippen LogP contribution in [0.25, 0.3) is 0 Å². The van der Waals surface area contributed by atoms with Gasteiger partial charge < -0.3 is 9.84 Å². The van der Waals surface area contributed by atoms with Gasteiger partial charge in [0.15, 0.2) is 0 Å². The fraction of sp³-hybridized carbons (Fsp3) is 0.231. The summed E-state index contributed by atoms with van der Waals surface area (Å²) in [5.41, 5.74) is 0.806. The van der Waals surface area contributed by atoms with Crippen molar-refractivity contribution in [1.82, 2.24) is 0 Å². The van der Waals surface area contributed by atoms with Crippen molar-refractivity contribution in [2.45, 2.75) is 12.5 Å². The van der Waals surface area contributed by atoms with Gasteiger partial charge in [-0.1, -0.05) is 22.0 Å². The molecule has 0 spiro atoms. The quantitative estimate of drug-likeness (QED) is 0.827. The van der Waals surface area contributed by atoms with Gasteiger partial charge in [-0.05, 0) is 39.5 Å². The summed E-state index contributed by atoms with van der Waals surface area (Å²) in [5, 5.41) is 12.3. The molecule has 1 unspecified atom stereocenters. The number of hydrogen-bond acceptors (Lipinski definition) is 3. The molecule has 1 aromatic carbocycles. The lowest BCUT2D eigenvalue weighted by Crippen LogP contribution is -2.03. The summed E-state index contributed by atoms with van der Waals surface area (Å²) in [7, 11) is 1.61. The van der Waals surface area contributed by atoms with Crippen LogP contribution in [0.4, 0.5) is 0 Å². The third kappa shape index (κ3) is 3.15. The number of aliphatic hydroxyl groups excluding tert-OH is 1. The van der Waals surface area contributed by atoms with Gasteiger partial charge >= 0.3 is 0 Å². The normalized spacial score (nSPS) is 12.4. The van der Waals surface area contributed by atoms with E-state index in [-0.39, 0.29) is 0 Å². The van der Waals surface area contributed by atoms with E-state index in [1.807, 2.05) is 29.6 Å². The maximum Gasteiger partial charge on any atom is 0.125 e. The molecule has 5 heteroatoms. The molecule has 1 heterocycles. The lowest BCUT2D eigenvalue weighted by Gasteiger charge is -2.14. The van der Waals surface area contributed by atoms with Crippen molar-refractivity contribution in [3.05, 3.63) is 49.0 Å². The Labute approximate surface area is 127 Å². The van der Waals surface area contributed by atoms with Crippen molar-refractivity contribution < 1.29 is 9.84 Å². The highest BCUT2D eigenvalue weighted by molar-refractivity contribution is 9.10. The Morgan fingerprint density at radius 3 is 2.72 bits per heavy atom. The van der Waals surface area contributed by atoms with Crippen LogP contribution in [-0.4, -0.2) is 12.2 Å². The number of thiophene rings is 1. The average Bonchev–Trinajstić information content (AvgIpc) is 2.74. The zero-order chi connectivity index (χ0) is 13.1. The first-order chi connectivity index (χ1) is 8.61. The smallest absolute Gasteiger partial charge is 0.125 e. The van der Waals surface area contributed by atoms with E-state index >= 15 is 0 Å². The zero-order valence-electron chi connectivity index (χ0n) is 9.69. The molecule has 0 aliphatic rings. The van der Waals surface area contributed by atoms with Gasteiger partial charge in [-0.15, -0.1) is 11.3 Å². The molecule has 96 valence electrons. The lowest BCUT2D eigenvalue weighted by atomic mass is 10.0. The van der Waals surface area contributed by atoms with Gasteiger partial charge in [0.05, 0.1) is 13.2 Å². The first-order valence-electron chi connectivity index (χ1n) is 5.35. The summed E-state index contributed by atoms with van der Waals surface area (Å²) in [6.07, 6.45) is 0.0129. The molecule has 1 N–H and O–H groups in total. The minimum Gasteiger partial charge on any atom is -0.496 e. The standard InChI is InChI=1S/C13H12Br2O2S/c1-17-12-6-8(14)2-3-9(12)11(16)7-13-10(15)4-5-18-13/h2-6,11,16H,7H2,1H3. The molecule has 1 atom stereocenters. The Hall–Kier alpha value is -0.360. The summed E-state index contributed by atoms with van der Waals surface area (Å²) >= 11 is 8.50. The van der Waals surface area contributed by atoms with E-state index in [0.29, 0.717) is 12.2 Å². The second-order valence-corrected chi connectivity index (χ2v) is 6.57. The second kappa shape index (κ2) is 6.19. The van der Waals surface area contributed by atoms with E-state index in [2.05, 4.69) is 31.9 Å². The molecule has 0 amide bonds. The highest BCUT2D eigenvalue weighted by Crippen LogP contribution is 2.33. The summed E-state index contributed by atoms with van der Waals surface area (Å²) in [4.78, 5) is 1.13. The summed E-state index contributed by atoms with van der Waals surface area (Å²) in [6.45, 7) is 0. The van der Waals surface area contributed by atoms with Gasteiger partial charge in [-0.2, -0.15) is 0 Å². The van der Waals surface area contributed by atoms with Crippen molar-refractivity contribution in [2.75, 3.05) is 7.11 Å². The van der Waals surface area contributed by atoms with Gasteiger partial charge in [0.2, 0.25) is 0 Å². The van der Waals surface area contributed by atoms with E-state index in [4.69, 9.17) is 4.74 Å². The summed E-state index contributed by atoms with van der Waals surface area (Å²) in [6, 6.07) is 7.65. The fourth-order valence-corrected chi connectivity index (χ4v) is 3.61. The molecular formula is C13H12Br2O2S. The molecule has 2 nitrogen and oxygen atoms in total. The maximum absolute atomic E-state index is 10.3. The zero-order valence-corrected chi connectivity index (χ0v) is 13.7. The number of ether oxygens (including phenoxy) is 1. The SMILES string of the molecule is COc1cc(Br)ccc1C(O)Cc1sccc1Br. The van der Waals surface area contributed by atoms with E-state index in [9.17, 15) is 5.11 Å². The predicted octanol–water partition coefficient (Wildman–Crippen LogP) is 4.56. The highest BCUT2D eigenvalue weighted by atomic mass is 79.9. The number of rotatable bonds is 4. The third-order valence-corrected chi connectivity index (χ3v) is 5.07. The van der Waals surface area contributed by atoms with Crippen LogP contribution in [0.2, 0.25) is 0 Å². The molecule has 0 saturated heterocycles. The minimum absolute atomic E-state index is 0.567. The highest BCUT2D eigenvalue weighted by Gasteiger charge is 2.16. The van der Waals surface area contributed by atoms with E-state index in [1.54, 1.807) is 18.4 Å². The lowest BCUT2D eigenvalue weighted by molar-refractivity contribution is 0.175. The number of hydrogen-bond donors (Lipinski definition) is 1. The minimum atomic E-state index is -0.567. The molecule has 18 heavy (non-hydrogen) atoms. The average molecular weight is 392 g/mol. The Bertz CT molecular complexity index is 540. The fourth-order valence-electron chi connectivity index (χ4n) is 1.72. The van der Waals surface area contributed by atoms with Crippen LogP contribution in [0, 0.1) is 0 Å². The molecule has 0 fully saturated rings. The molecular weight excluding hydrogens is 380 g/mol. The van der Waals surface area contributed by atoms with Crippen LogP contribution in [0.3, 0.4) is 0 Å². The Kier molecular flexibility index (Phi) is 4.84. The van der Waals surface area contributed by atoms with Gasteiger partial charge in [0.25, 0.3) is 0 Å². The first-order valence-corrected chi connectivity index (χ1v) is 7.81. The van der Waals surface area contributed by atoms with Crippen molar-refractivity contribution in [1.29, 1.82) is 0 Å². The van der Waals surface area contributed by atoms with Gasteiger partial charge in [-0.3, -0.25) is 0 Å². The van der Waals surface area contributed by atoms with E-state index in [1.165, 1.54) is 0 Å². The maximum atomic E-state index is 10.3. The molecule has 0 aliphatic heterocycles. The summed E-state index contributed by atoms with van der Waals surface area (Å²) < 4.78 is 7.28. The molecule has 2 aromatic rings. The van der Waals surface area contributed by atoms with E-state index < -0.39 is 6.10 Å². The van der Waals surface area contributed by atoms with Crippen molar-refractivity contribution in [2.24, 2.45) is 0 Å². The second-order valence-electron chi connectivity index (χ2n) is 3.80. The molecule has 0 radical (unpaired) electrons. The molecule has 1 aromatic heterocycles. The van der Waals surface area contributed by atoms with Gasteiger partial charge in [-0.25, -0.2) is 0 Å². The van der Waals surface area contributed by atoms with Gasteiger partial charge in [0, 0.05) is 25.8 Å². The molecule has 0 aliphatic carbocycles. The Balaban J connectivity index is 2.23. The molecule has 0 bridgehead atoms. The first kappa shape index (κ1) is 14.1. The number of methoxy groups -OCH3 is 1. The van der Waals surface area contributed by atoms with Crippen LogP contribution in [0.1, 0.15) is 16.5 Å². The van der Waals surface area contributed by atoms with Crippen LogP contribution < -0.4 is 4.74 Å². The Morgan fingerprint density at radius 1 is 1.33 bits per heavy atom.